The molecule has 0 atom stereocenters. The van der Waals surface area contributed by atoms with Crippen LogP contribution in [0.4, 0.5) is 0 Å². The number of hydrogen-bond acceptors (Lipinski definition) is 4. The largest absolute Gasteiger partial charge is 0.508 e. The summed E-state index contributed by atoms with van der Waals surface area (Å²) in [6.45, 7) is 1.70. The Balaban J connectivity index is 1.92. The lowest BCUT2D eigenvalue weighted by atomic mass is 10.1. The predicted octanol–water partition coefficient (Wildman–Crippen LogP) is 2.51. The first kappa shape index (κ1) is 17.2. The lowest BCUT2D eigenvalue weighted by Crippen LogP contribution is -2.25. The molecule has 2 N–H and O–H groups in total. The second-order valence-electron chi connectivity index (χ2n) is 5.25. The van der Waals surface area contributed by atoms with Crippen LogP contribution in [0, 0.1) is 0 Å². The van der Waals surface area contributed by atoms with E-state index in [0.717, 1.165) is 5.56 Å². The van der Waals surface area contributed by atoms with Gasteiger partial charge in [-0.25, -0.2) is 13.1 Å². The first-order chi connectivity index (χ1) is 10.9. The summed E-state index contributed by atoms with van der Waals surface area (Å²) in [5.74, 6) is 0.0363. The first-order valence-corrected chi connectivity index (χ1v) is 8.75. The highest BCUT2D eigenvalue weighted by Crippen LogP contribution is 2.13. The molecular formula is C17H19NO4S. The number of benzene rings is 2. The Kier molecular flexibility index (Phi) is 5.52. The number of aromatic hydroxyl groups is 1. The normalized spacial score (nSPS) is 11.3. The lowest BCUT2D eigenvalue weighted by Gasteiger charge is -2.08. The van der Waals surface area contributed by atoms with Gasteiger partial charge in [0.2, 0.25) is 10.0 Å². The molecule has 0 radical (unpaired) electrons. The molecule has 0 spiro atoms. The summed E-state index contributed by atoms with van der Waals surface area (Å²) in [6, 6.07) is 12.8. The Labute approximate surface area is 136 Å². The third-order valence-corrected chi connectivity index (χ3v) is 4.88. The minimum Gasteiger partial charge on any atom is -0.508 e. The monoisotopic (exact) mass is 333 g/mol. The van der Waals surface area contributed by atoms with Gasteiger partial charge >= 0.3 is 0 Å². The van der Waals surface area contributed by atoms with Gasteiger partial charge in [0, 0.05) is 12.1 Å². The molecule has 0 unspecified atom stereocenters. The molecule has 0 aliphatic rings. The van der Waals surface area contributed by atoms with Crippen LogP contribution in [0.25, 0.3) is 0 Å². The third kappa shape index (κ3) is 4.91. The summed E-state index contributed by atoms with van der Waals surface area (Å²) in [5.41, 5.74) is 1.40. The van der Waals surface area contributed by atoms with Gasteiger partial charge in [-0.1, -0.05) is 24.3 Å². The Morgan fingerprint density at radius 3 is 2.48 bits per heavy atom. The van der Waals surface area contributed by atoms with E-state index in [9.17, 15) is 18.3 Å². The van der Waals surface area contributed by atoms with Crippen LogP contribution >= 0.6 is 0 Å². The van der Waals surface area contributed by atoms with E-state index in [-0.39, 0.29) is 16.4 Å². The van der Waals surface area contributed by atoms with Crippen molar-refractivity contribution in [3.63, 3.8) is 0 Å². The number of aryl methyl sites for hydroxylation is 1. The van der Waals surface area contributed by atoms with E-state index < -0.39 is 10.0 Å². The number of carbonyl (C=O) groups excluding carboxylic acids is 1. The van der Waals surface area contributed by atoms with Crippen molar-refractivity contribution in [3.05, 3.63) is 59.7 Å². The highest BCUT2D eigenvalue weighted by molar-refractivity contribution is 7.89. The molecule has 0 bridgehead atoms. The number of sulfonamides is 1. The number of carbonyl (C=O) groups is 1. The maximum absolute atomic E-state index is 12.2. The van der Waals surface area contributed by atoms with E-state index in [1.165, 1.54) is 19.1 Å². The minimum absolute atomic E-state index is 0.0924. The SMILES string of the molecule is CC(=O)c1cccc(S(=O)(=O)NCCCc2ccc(O)cc2)c1. The van der Waals surface area contributed by atoms with Gasteiger partial charge < -0.3 is 5.11 Å². The van der Waals surface area contributed by atoms with E-state index in [1.54, 1.807) is 36.4 Å². The standard InChI is InChI=1S/C17H19NO4S/c1-13(19)15-5-2-6-17(12-15)23(21,22)18-11-3-4-14-7-9-16(20)10-8-14/h2,5-10,12,18,20H,3-4,11H2,1H3. The molecule has 2 aromatic carbocycles. The number of Topliss-reactive ketones (excluding diaryl/α,β-unsaturated/α-hetero) is 1. The summed E-state index contributed by atoms with van der Waals surface area (Å²) in [6.07, 6.45) is 1.34. The molecule has 122 valence electrons. The average Bonchev–Trinajstić information content (AvgIpc) is 2.53. The van der Waals surface area contributed by atoms with Crippen LogP contribution in [0.2, 0.25) is 0 Å². The van der Waals surface area contributed by atoms with Crippen molar-refractivity contribution in [1.29, 1.82) is 0 Å². The molecule has 23 heavy (non-hydrogen) atoms. The molecule has 0 aliphatic heterocycles. The highest BCUT2D eigenvalue weighted by atomic mass is 32.2. The Hall–Kier alpha value is -2.18. The summed E-state index contributed by atoms with van der Waals surface area (Å²) < 4.78 is 26.9. The van der Waals surface area contributed by atoms with Crippen molar-refractivity contribution >= 4 is 15.8 Å². The van der Waals surface area contributed by atoms with Crippen LogP contribution in [0.5, 0.6) is 5.75 Å². The van der Waals surface area contributed by atoms with Crippen LogP contribution in [0.3, 0.4) is 0 Å². The zero-order valence-corrected chi connectivity index (χ0v) is 13.6. The topological polar surface area (TPSA) is 83.5 Å². The fourth-order valence-electron chi connectivity index (χ4n) is 2.13. The molecule has 0 saturated heterocycles. The van der Waals surface area contributed by atoms with Crippen molar-refractivity contribution in [3.8, 4) is 5.75 Å². The van der Waals surface area contributed by atoms with Gasteiger partial charge in [-0.2, -0.15) is 0 Å². The van der Waals surface area contributed by atoms with Gasteiger partial charge in [0.05, 0.1) is 4.90 Å². The third-order valence-electron chi connectivity index (χ3n) is 3.42. The number of rotatable bonds is 7. The van der Waals surface area contributed by atoms with Crippen LogP contribution in [-0.2, 0) is 16.4 Å². The lowest BCUT2D eigenvalue weighted by molar-refractivity contribution is 0.101. The van der Waals surface area contributed by atoms with Crippen molar-refractivity contribution in [1.82, 2.24) is 4.72 Å². The van der Waals surface area contributed by atoms with Gasteiger partial charge in [0.25, 0.3) is 0 Å². The molecule has 0 heterocycles. The molecule has 2 rings (SSSR count). The van der Waals surface area contributed by atoms with Crippen LogP contribution in [0.15, 0.2) is 53.4 Å². The van der Waals surface area contributed by atoms with E-state index in [2.05, 4.69) is 4.72 Å². The second-order valence-corrected chi connectivity index (χ2v) is 7.02. The molecule has 0 fully saturated rings. The van der Waals surface area contributed by atoms with Crippen molar-refractivity contribution in [2.45, 2.75) is 24.7 Å². The van der Waals surface area contributed by atoms with Crippen molar-refractivity contribution < 1.29 is 18.3 Å². The van der Waals surface area contributed by atoms with Gasteiger partial charge in [-0.3, -0.25) is 4.79 Å². The molecule has 6 heteroatoms. The number of nitrogens with one attached hydrogen (secondary N) is 1. The Bertz CT molecular complexity index is 782. The smallest absolute Gasteiger partial charge is 0.240 e. The summed E-state index contributed by atoms with van der Waals surface area (Å²) in [4.78, 5) is 11.4. The summed E-state index contributed by atoms with van der Waals surface area (Å²) in [7, 11) is -3.62. The number of hydrogen-bond donors (Lipinski definition) is 2. The molecule has 0 amide bonds. The Morgan fingerprint density at radius 1 is 1.13 bits per heavy atom. The fourth-order valence-corrected chi connectivity index (χ4v) is 3.25. The minimum atomic E-state index is -3.62. The maximum atomic E-state index is 12.2. The number of phenols is 1. The van der Waals surface area contributed by atoms with Gasteiger partial charge in [-0.05, 0) is 49.6 Å². The molecule has 2 aromatic rings. The Morgan fingerprint density at radius 2 is 1.83 bits per heavy atom. The van der Waals surface area contributed by atoms with Gasteiger partial charge in [0.15, 0.2) is 5.78 Å². The van der Waals surface area contributed by atoms with Crippen LogP contribution in [-0.4, -0.2) is 25.9 Å². The van der Waals surface area contributed by atoms with E-state index >= 15 is 0 Å². The quantitative estimate of drug-likeness (QED) is 0.602. The zero-order valence-electron chi connectivity index (χ0n) is 12.8. The maximum Gasteiger partial charge on any atom is 0.240 e. The molecular weight excluding hydrogens is 314 g/mol. The summed E-state index contributed by atoms with van der Waals surface area (Å²) in [5, 5.41) is 9.21. The van der Waals surface area contributed by atoms with Crippen molar-refractivity contribution in [2.24, 2.45) is 0 Å². The van der Waals surface area contributed by atoms with Crippen LogP contribution < -0.4 is 4.72 Å². The average molecular weight is 333 g/mol. The molecule has 0 aliphatic carbocycles. The molecule has 5 nitrogen and oxygen atoms in total. The van der Waals surface area contributed by atoms with E-state index in [0.29, 0.717) is 24.9 Å². The van der Waals surface area contributed by atoms with Gasteiger partial charge in [0.1, 0.15) is 5.75 Å². The molecule has 0 saturated carbocycles. The van der Waals surface area contributed by atoms with Crippen LogP contribution in [0.1, 0.15) is 29.3 Å². The van der Waals surface area contributed by atoms with E-state index in [4.69, 9.17) is 0 Å². The highest BCUT2D eigenvalue weighted by Gasteiger charge is 2.14. The number of ketones is 1. The van der Waals surface area contributed by atoms with Gasteiger partial charge in [-0.15, -0.1) is 0 Å². The first-order valence-electron chi connectivity index (χ1n) is 7.27. The summed E-state index contributed by atoms with van der Waals surface area (Å²) >= 11 is 0. The fraction of sp³-hybridized carbons (Fsp3) is 0.235. The van der Waals surface area contributed by atoms with Crippen molar-refractivity contribution in [2.75, 3.05) is 6.54 Å². The number of phenolic OH excluding ortho intramolecular Hbond substituents is 1. The second kappa shape index (κ2) is 7.39. The predicted molar refractivity (Wildman–Crippen MR) is 88.1 cm³/mol. The van der Waals surface area contributed by atoms with E-state index in [1.807, 2.05) is 0 Å². The zero-order chi connectivity index (χ0) is 16.9. The molecule has 0 aromatic heterocycles.